The first kappa shape index (κ1) is 18.9. The molecule has 2 heterocycles. The van der Waals surface area contributed by atoms with E-state index in [9.17, 15) is 4.79 Å². The highest BCUT2D eigenvalue weighted by molar-refractivity contribution is 5.97. The van der Waals surface area contributed by atoms with E-state index in [1.807, 2.05) is 0 Å². The van der Waals surface area contributed by atoms with Crippen LogP contribution < -0.4 is 20.5 Å². The monoisotopic (exact) mass is 363 g/mol. The average Bonchev–Trinajstić information content (AvgIpc) is 3.33. The molecule has 3 N–H and O–H groups in total. The zero-order valence-corrected chi connectivity index (χ0v) is 15.4. The van der Waals surface area contributed by atoms with Crippen molar-refractivity contribution in [1.82, 2.24) is 10.2 Å². The average molecular weight is 363 g/mol. The predicted octanol–water partition coefficient (Wildman–Crippen LogP) is 1.02. The molecule has 0 unspecified atom stereocenters. The molecule has 0 bridgehead atoms. The van der Waals surface area contributed by atoms with Crippen LogP contribution in [0.25, 0.3) is 0 Å². The highest BCUT2D eigenvalue weighted by atomic mass is 16.5. The quantitative estimate of drug-likeness (QED) is 0.671. The van der Waals surface area contributed by atoms with Crippen molar-refractivity contribution in [3.8, 4) is 11.5 Å². The van der Waals surface area contributed by atoms with E-state index in [1.165, 1.54) is 12.8 Å². The van der Waals surface area contributed by atoms with Crippen LogP contribution in [0.4, 0.5) is 0 Å². The molecule has 3 rings (SSSR count). The Morgan fingerprint density at radius 2 is 2.15 bits per heavy atom. The van der Waals surface area contributed by atoms with Gasteiger partial charge in [-0.3, -0.25) is 9.69 Å². The molecule has 1 aromatic carbocycles. The standard InChI is InChI=1S/C19H29N3O4/c1-24-14-5-6-18(26-10-4-7-20)15(11-14)19(23)21-16-12-25-13-17(16)22-8-2-3-9-22/h5-6,11,16-17H,2-4,7-10,12-13,20H2,1H3,(H,21,23)/t16-,17-/m1/s1. The molecule has 2 atom stereocenters. The van der Waals surface area contributed by atoms with Crippen LogP contribution >= 0.6 is 0 Å². The van der Waals surface area contributed by atoms with Crippen molar-refractivity contribution in [2.75, 3.05) is 46.6 Å². The summed E-state index contributed by atoms with van der Waals surface area (Å²) in [5, 5.41) is 3.14. The summed E-state index contributed by atoms with van der Waals surface area (Å²) in [4.78, 5) is 15.4. The Labute approximate surface area is 154 Å². The minimum absolute atomic E-state index is 0.0105. The van der Waals surface area contributed by atoms with E-state index >= 15 is 0 Å². The molecule has 7 heteroatoms. The van der Waals surface area contributed by atoms with Crippen molar-refractivity contribution in [2.45, 2.75) is 31.3 Å². The molecule has 2 aliphatic heterocycles. The molecule has 7 nitrogen and oxygen atoms in total. The third kappa shape index (κ3) is 4.47. The van der Waals surface area contributed by atoms with Gasteiger partial charge in [0, 0.05) is 0 Å². The number of hydrogen-bond acceptors (Lipinski definition) is 6. The number of benzene rings is 1. The fourth-order valence-corrected chi connectivity index (χ4v) is 3.56. The van der Waals surface area contributed by atoms with Gasteiger partial charge in [0.15, 0.2) is 0 Å². The molecule has 2 saturated heterocycles. The number of ether oxygens (including phenoxy) is 3. The molecule has 0 aliphatic carbocycles. The van der Waals surface area contributed by atoms with Gasteiger partial charge in [-0.25, -0.2) is 0 Å². The molecule has 0 radical (unpaired) electrons. The van der Waals surface area contributed by atoms with Gasteiger partial charge in [-0.05, 0) is 57.1 Å². The first-order valence-corrected chi connectivity index (χ1v) is 9.36. The Morgan fingerprint density at radius 1 is 1.35 bits per heavy atom. The highest BCUT2D eigenvalue weighted by Crippen LogP contribution is 2.25. The molecular formula is C19H29N3O4. The lowest BCUT2D eigenvalue weighted by molar-refractivity contribution is 0.0912. The van der Waals surface area contributed by atoms with Crippen LogP contribution in [0.3, 0.4) is 0 Å². The summed E-state index contributed by atoms with van der Waals surface area (Å²) in [5.41, 5.74) is 6.00. The van der Waals surface area contributed by atoms with E-state index in [1.54, 1.807) is 25.3 Å². The molecule has 2 fully saturated rings. The number of carbonyl (C=O) groups is 1. The third-order valence-corrected chi connectivity index (χ3v) is 5.01. The SMILES string of the molecule is COc1ccc(OCCCN)c(C(=O)N[C@@H]2COC[C@H]2N2CCCC2)c1. The van der Waals surface area contributed by atoms with Gasteiger partial charge in [-0.1, -0.05) is 0 Å². The number of rotatable bonds is 8. The second-order valence-electron chi connectivity index (χ2n) is 6.78. The largest absolute Gasteiger partial charge is 0.497 e. The zero-order valence-electron chi connectivity index (χ0n) is 15.4. The van der Waals surface area contributed by atoms with Gasteiger partial charge in [0.05, 0.1) is 44.6 Å². The summed E-state index contributed by atoms with van der Waals surface area (Å²) in [5.74, 6) is 1.01. The maximum atomic E-state index is 12.9. The fourth-order valence-electron chi connectivity index (χ4n) is 3.56. The first-order chi connectivity index (χ1) is 12.7. The lowest BCUT2D eigenvalue weighted by Gasteiger charge is -2.28. The Balaban J connectivity index is 1.71. The van der Waals surface area contributed by atoms with Crippen LogP contribution in [-0.4, -0.2) is 69.5 Å². The van der Waals surface area contributed by atoms with E-state index in [-0.39, 0.29) is 18.0 Å². The van der Waals surface area contributed by atoms with Crippen LogP contribution in [0.5, 0.6) is 11.5 Å². The summed E-state index contributed by atoms with van der Waals surface area (Å²) >= 11 is 0. The minimum Gasteiger partial charge on any atom is -0.497 e. The van der Waals surface area contributed by atoms with Crippen molar-refractivity contribution in [3.63, 3.8) is 0 Å². The molecule has 1 amide bonds. The Morgan fingerprint density at radius 3 is 2.88 bits per heavy atom. The summed E-state index contributed by atoms with van der Waals surface area (Å²) in [6.45, 7) is 4.39. The zero-order chi connectivity index (χ0) is 18.4. The molecular weight excluding hydrogens is 334 g/mol. The number of carbonyl (C=O) groups excluding carboxylic acids is 1. The number of amides is 1. The van der Waals surface area contributed by atoms with E-state index in [0.717, 1.165) is 19.5 Å². The lowest BCUT2D eigenvalue weighted by atomic mass is 10.1. The molecule has 2 aliphatic rings. The normalized spacial score (nSPS) is 23.2. The Hall–Kier alpha value is -1.83. The van der Waals surface area contributed by atoms with Crippen molar-refractivity contribution < 1.29 is 19.0 Å². The molecule has 0 spiro atoms. The maximum Gasteiger partial charge on any atom is 0.255 e. The highest BCUT2D eigenvalue weighted by Gasteiger charge is 2.35. The summed E-state index contributed by atoms with van der Waals surface area (Å²) in [6, 6.07) is 5.51. The molecule has 0 saturated carbocycles. The topological polar surface area (TPSA) is 86.0 Å². The predicted molar refractivity (Wildman–Crippen MR) is 98.8 cm³/mol. The Bertz CT molecular complexity index is 604. The molecule has 1 aromatic rings. The van der Waals surface area contributed by atoms with Gasteiger partial charge in [-0.2, -0.15) is 0 Å². The van der Waals surface area contributed by atoms with E-state index in [4.69, 9.17) is 19.9 Å². The lowest BCUT2D eigenvalue weighted by Crippen LogP contribution is -2.50. The van der Waals surface area contributed by atoms with Gasteiger partial charge in [0.2, 0.25) is 0 Å². The number of methoxy groups -OCH3 is 1. The van der Waals surface area contributed by atoms with Crippen LogP contribution in [0.15, 0.2) is 18.2 Å². The number of likely N-dealkylation sites (tertiary alicyclic amines) is 1. The summed E-state index contributed by atoms with van der Waals surface area (Å²) in [6.07, 6.45) is 3.17. The minimum atomic E-state index is -0.161. The van der Waals surface area contributed by atoms with Crippen LogP contribution in [0.2, 0.25) is 0 Å². The molecule has 26 heavy (non-hydrogen) atoms. The molecule has 144 valence electrons. The van der Waals surface area contributed by atoms with Crippen molar-refractivity contribution in [3.05, 3.63) is 23.8 Å². The van der Waals surface area contributed by atoms with Crippen molar-refractivity contribution in [1.29, 1.82) is 0 Å². The van der Waals surface area contributed by atoms with Gasteiger partial charge in [-0.15, -0.1) is 0 Å². The summed E-state index contributed by atoms with van der Waals surface area (Å²) < 4.78 is 16.7. The number of nitrogens with one attached hydrogen (secondary N) is 1. The van der Waals surface area contributed by atoms with Gasteiger partial charge >= 0.3 is 0 Å². The second-order valence-corrected chi connectivity index (χ2v) is 6.78. The first-order valence-electron chi connectivity index (χ1n) is 9.36. The van der Waals surface area contributed by atoms with Crippen LogP contribution in [-0.2, 0) is 4.74 Å². The third-order valence-electron chi connectivity index (χ3n) is 5.01. The van der Waals surface area contributed by atoms with Gasteiger partial charge in [0.1, 0.15) is 11.5 Å². The van der Waals surface area contributed by atoms with E-state index in [2.05, 4.69) is 10.2 Å². The van der Waals surface area contributed by atoms with E-state index in [0.29, 0.717) is 43.4 Å². The van der Waals surface area contributed by atoms with Crippen molar-refractivity contribution >= 4 is 5.91 Å². The second kappa shape index (κ2) is 9.21. The number of nitrogens with zero attached hydrogens (tertiary/aromatic N) is 1. The summed E-state index contributed by atoms with van der Waals surface area (Å²) in [7, 11) is 1.58. The van der Waals surface area contributed by atoms with E-state index < -0.39 is 0 Å². The Kier molecular flexibility index (Phi) is 6.71. The fraction of sp³-hybridized carbons (Fsp3) is 0.632. The van der Waals surface area contributed by atoms with Gasteiger partial charge < -0.3 is 25.3 Å². The number of nitrogens with two attached hydrogens (primary N) is 1. The van der Waals surface area contributed by atoms with Crippen LogP contribution in [0.1, 0.15) is 29.6 Å². The smallest absolute Gasteiger partial charge is 0.255 e. The van der Waals surface area contributed by atoms with Crippen molar-refractivity contribution in [2.24, 2.45) is 5.73 Å². The maximum absolute atomic E-state index is 12.9. The van der Waals surface area contributed by atoms with Crippen LogP contribution in [0, 0.1) is 0 Å². The van der Waals surface area contributed by atoms with Gasteiger partial charge in [0.25, 0.3) is 5.91 Å². The number of hydrogen-bond donors (Lipinski definition) is 2. The molecule has 0 aromatic heterocycles.